The van der Waals surface area contributed by atoms with Crippen LogP contribution in [0.25, 0.3) is 11.1 Å². The molecule has 0 bridgehead atoms. The minimum absolute atomic E-state index is 0.571. The SMILES string of the molecule is CC1=C(CCCCC2=C(C)[CH]c3cccc(C(C)C)c32)c2c(cccc2C(C)C)[CH]1. The van der Waals surface area contributed by atoms with E-state index in [1.165, 1.54) is 70.2 Å². The highest BCUT2D eigenvalue weighted by atomic mass is 14.3. The fourth-order valence-electron chi connectivity index (χ4n) is 5.36. The Bertz CT molecular complexity index is 927. The first-order valence-corrected chi connectivity index (χ1v) is 11.7. The minimum atomic E-state index is 0.571. The Hall–Kier alpha value is -2.08. The molecule has 0 heterocycles. The third-order valence-electron chi connectivity index (χ3n) is 6.90. The summed E-state index contributed by atoms with van der Waals surface area (Å²) in [6.45, 7) is 13.9. The van der Waals surface area contributed by atoms with Crippen molar-refractivity contribution in [3.8, 4) is 0 Å². The molecule has 0 aliphatic heterocycles. The van der Waals surface area contributed by atoms with Gasteiger partial charge in [0.05, 0.1) is 0 Å². The van der Waals surface area contributed by atoms with Crippen molar-refractivity contribution in [3.63, 3.8) is 0 Å². The minimum Gasteiger partial charge on any atom is -0.0616 e. The van der Waals surface area contributed by atoms with Crippen molar-refractivity contribution < 1.29 is 0 Å². The summed E-state index contributed by atoms with van der Waals surface area (Å²) in [5.74, 6) is 1.14. The molecule has 4 rings (SSSR count). The van der Waals surface area contributed by atoms with Gasteiger partial charge in [0.2, 0.25) is 0 Å². The molecule has 0 fully saturated rings. The van der Waals surface area contributed by atoms with Crippen LogP contribution in [0.3, 0.4) is 0 Å². The number of rotatable bonds is 7. The van der Waals surface area contributed by atoms with Crippen LogP contribution in [0, 0.1) is 12.8 Å². The van der Waals surface area contributed by atoms with Gasteiger partial charge in [0.1, 0.15) is 0 Å². The van der Waals surface area contributed by atoms with Crippen LogP contribution in [0.15, 0.2) is 47.5 Å². The summed E-state index contributed by atoms with van der Waals surface area (Å²) in [5.41, 5.74) is 15.0. The van der Waals surface area contributed by atoms with Gasteiger partial charge in [-0.2, -0.15) is 0 Å². The van der Waals surface area contributed by atoms with Gasteiger partial charge in [-0.15, -0.1) is 0 Å². The van der Waals surface area contributed by atoms with Crippen LogP contribution in [0.2, 0.25) is 0 Å². The molecule has 2 aromatic carbocycles. The van der Waals surface area contributed by atoms with E-state index in [4.69, 9.17) is 0 Å². The number of benzene rings is 2. The van der Waals surface area contributed by atoms with E-state index in [-0.39, 0.29) is 0 Å². The van der Waals surface area contributed by atoms with E-state index in [9.17, 15) is 0 Å². The number of fused-ring (bicyclic) bond motifs is 2. The molecular weight excluding hydrogens is 360 g/mol. The monoisotopic (exact) mass is 396 g/mol. The normalized spacial score (nSPS) is 15.6. The highest BCUT2D eigenvalue weighted by Crippen LogP contribution is 2.43. The molecule has 0 spiro atoms. The van der Waals surface area contributed by atoms with Gasteiger partial charge >= 0.3 is 0 Å². The Morgan fingerprint density at radius 3 is 1.37 bits per heavy atom. The number of unbranched alkanes of at least 4 members (excludes halogenated alkanes) is 1. The van der Waals surface area contributed by atoms with Crippen LogP contribution in [-0.4, -0.2) is 0 Å². The summed E-state index contributed by atoms with van der Waals surface area (Å²) >= 11 is 0. The molecule has 0 atom stereocenters. The Morgan fingerprint density at radius 2 is 1.00 bits per heavy atom. The van der Waals surface area contributed by atoms with E-state index in [2.05, 4.69) is 90.8 Å². The van der Waals surface area contributed by atoms with E-state index >= 15 is 0 Å². The molecule has 0 aromatic heterocycles. The number of hydrogen-bond acceptors (Lipinski definition) is 0. The van der Waals surface area contributed by atoms with Crippen molar-refractivity contribution in [1.29, 1.82) is 0 Å². The summed E-state index contributed by atoms with van der Waals surface area (Å²) < 4.78 is 0. The molecule has 156 valence electrons. The van der Waals surface area contributed by atoms with Crippen LogP contribution in [0.5, 0.6) is 0 Å². The lowest BCUT2D eigenvalue weighted by molar-refractivity contribution is 0.771. The summed E-state index contributed by atoms with van der Waals surface area (Å²) in [6.07, 6.45) is 9.66. The predicted molar refractivity (Wildman–Crippen MR) is 132 cm³/mol. The third-order valence-corrected chi connectivity index (χ3v) is 6.90. The van der Waals surface area contributed by atoms with Gasteiger partial charge in [0.15, 0.2) is 0 Å². The molecule has 0 heteroatoms. The standard InChI is InChI=1S/C30H36/c1-19(2)25-15-9-11-23-17-21(5)27(29(23)25)13-7-8-14-28-22(6)18-24-12-10-16-26(20(3)4)30(24)28/h9-12,15-20H,7-8,13-14H2,1-6H3. The van der Waals surface area contributed by atoms with Crippen LogP contribution in [0.1, 0.15) is 112 Å². The molecule has 2 aliphatic carbocycles. The summed E-state index contributed by atoms with van der Waals surface area (Å²) in [5, 5.41) is 0. The molecule has 0 amide bonds. The van der Waals surface area contributed by atoms with Crippen LogP contribution in [0.4, 0.5) is 0 Å². The van der Waals surface area contributed by atoms with Gasteiger partial charge in [-0.05, 0) is 95.9 Å². The predicted octanol–water partition coefficient (Wildman–Crippen LogP) is 8.87. The van der Waals surface area contributed by atoms with E-state index < -0.39 is 0 Å². The highest BCUT2D eigenvalue weighted by molar-refractivity contribution is 5.83. The maximum absolute atomic E-state index is 2.39. The van der Waals surface area contributed by atoms with Crippen molar-refractivity contribution in [2.45, 2.75) is 79.1 Å². The molecule has 30 heavy (non-hydrogen) atoms. The zero-order valence-corrected chi connectivity index (χ0v) is 19.6. The smallest absolute Gasteiger partial charge is 0.0164 e. The third kappa shape index (κ3) is 3.82. The average Bonchev–Trinajstić information content (AvgIpc) is 3.20. The van der Waals surface area contributed by atoms with Crippen molar-refractivity contribution >= 4 is 11.1 Å². The number of hydrogen-bond donors (Lipinski definition) is 0. The summed E-state index contributed by atoms with van der Waals surface area (Å²) in [4.78, 5) is 0. The molecule has 0 nitrogen and oxygen atoms in total. The molecule has 0 unspecified atom stereocenters. The van der Waals surface area contributed by atoms with Crippen LogP contribution >= 0.6 is 0 Å². The molecule has 2 radical (unpaired) electrons. The zero-order chi connectivity index (χ0) is 21.4. The molecule has 2 aliphatic rings. The quantitative estimate of drug-likeness (QED) is 0.410. The largest absolute Gasteiger partial charge is 0.0616 e. The van der Waals surface area contributed by atoms with Gasteiger partial charge in [-0.25, -0.2) is 0 Å². The first kappa shape index (κ1) is 21.2. The van der Waals surface area contributed by atoms with E-state index in [1.54, 1.807) is 11.1 Å². The Labute approximate surface area is 184 Å². The van der Waals surface area contributed by atoms with Gasteiger partial charge in [0, 0.05) is 12.8 Å². The molecule has 0 N–H and O–H groups in total. The van der Waals surface area contributed by atoms with Crippen LogP contribution in [-0.2, 0) is 0 Å². The van der Waals surface area contributed by atoms with Crippen molar-refractivity contribution in [3.05, 3.63) is 93.8 Å². The lowest BCUT2D eigenvalue weighted by Crippen LogP contribution is -1.98. The second-order valence-corrected chi connectivity index (χ2v) is 9.75. The zero-order valence-electron chi connectivity index (χ0n) is 19.6. The van der Waals surface area contributed by atoms with Crippen molar-refractivity contribution in [2.24, 2.45) is 0 Å². The second-order valence-electron chi connectivity index (χ2n) is 9.75. The Kier molecular flexibility index (Phi) is 6.05. The van der Waals surface area contributed by atoms with Gasteiger partial charge in [0.25, 0.3) is 0 Å². The maximum Gasteiger partial charge on any atom is 0.0164 e. The Morgan fingerprint density at radius 1 is 0.600 bits per heavy atom. The summed E-state index contributed by atoms with van der Waals surface area (Å²) in [7, 11) is 0. The first-order valence-electron chi connectivity index (χ1n) is 11.7. The number of allylic oxidation sites excluding steroid dienone is 4. The second kappa shape index (κ2) is 8.58. The fraction of sp³-hybridized carbons (Fsp3) is 0.400. The molecule has 0 saturated carbocycles. The van der Waals surface area contributed by atoms with E-state index in [0.29, 0.717) is 11.8 Å². The summed E-state index contributed by atoms with van der Waals surface area (Å²) in [6, 6.07) is 13.6. The highest BCUT2D eigenvalue weighted by Gasteiger charge is 2.24. The van der Waals surface area contributed by atoms with Crippen LogP contribution < -0.4 is 0 Å². The fourth-order valence-corrected chi connectivity index (χ4v) is 5.36. The van der Waals surface area contributed by atoms with E-state index in [1.807, 2.05) is 0 Å². The maximum atomic E-state index is 2.39. The average molecular weight is 397 g/mol. The Balaban J connectivity index is 1.46. The molecule has 0 saturated heterocycles. The van der Waals surface area contributed by atoms with Crippen molar-refractivity contribution in [1.82, 2.24) is 0 Å². The lowest BCUT2D eigenvalue weighted by atomic mass is 9.88. The molecular formula is C30H36. The van der Waals surface area contributed by atoms with Gasteiger partial charge < -0.3 is 0 Å². The first-order chi connectivity index (χ1) is 14.4. The molecule has 2 aromatic rings. The topological polar surface area (TPSA) is 0 Å². The van der Waals surface area contributed by atoms with Gasteiger partial charge in [-0.3, -0.25) is 0 Å². The van der Waals surface area contributed by atoms with E-state index in [0.717, 1.165) is 0 Å². The van der Waals surface area contributed by atoms with Crippen molar-refractivity contribution in [2.75, 3.05) is 0 Å². The lowest BCUT2D eigenvalue weighted by Gasteiger charge is -2.17. The van der Waals surface area contributed by atoms with Gasteiger partial charge in [-0.1, -0.05) is 75.2 Å².